The van der Waals surface area contributed by atoms with Crippen molar-refractivity contribution in [3.8, 4) is 5.75 Å². The Balaban J connectivity index is 1.84. The third-order valence-electron chi connectivity index (χ3n) is 3.43. The van der Waals surface area contributed by atoms with Gasteiger partial charge in [-0.1, -0.05) is 19.1 Å². The number of hydrogen-bond donors (Lipinski definition) is 2. The summed E-state index contributed by atoms with van der Waals surface area (Å²) in [6.07, 6.45) is 3.55. The molecule has 0 spiro atoms. The maximum Gasteiger partial charge on any atom is 0.244 e. The monoisotopic (exact) mass is 301 g/mol. The van der Waals surface area contributed by atoms with Crippen molar-refractivity contribution in [1.29, 1.82) is 0 Å². The van der Waals surface area contributed by atoms with Crippen LogP contribution in [0.25, 0.3) is 0 Å². The molecule has 0 aliphatic rings. The average Bonchev–Trinajstić information content (AvgIpc) is 2.56. The van der Waals surface area contributed by atoms with Crippen LogP contribution in [-0.2, 0) is 6.42 Å². The summed E-state index contributed by atoms with van der Waals surface area (Å²) in [4.78, 5) is 4.40. The quantitative estimate of drug-likeness (QED) is 0.781. The Kier molecular flexibility index (Phi) is 5.94. The van der Waals surface area contributed by atoms with Gasteiger partial charge in [0.15, 0.2) is 5.82 Å². The van der Waals surface area contributed by atoms with Gasteiger partial charge in [-0.15, -0.1) is 5.10 Å². The number of aromatic nitrogens is 3. The molecule has 118 valence electrons. The van der Waals surface area contributed by atoms with Crippen LogP contribution in [0.3, 0.4) is 0 Å². The Morgan fingerprint density at radius 3 is 2.68 bits per heavy atom. The second-order valence-corrected chi connectivity index (χ2v) is 5.14. The van der Waals surface area contributed by atoms with Crippen molar-refractivity contribution in [2.45, 2.75) is 32.7 Å². The molecule has 0 bridgehead atoms. The van der Waals surface area contributed by atoms with E-state index in [0.717, 1.165) is 31.0 Å². The normalized spacial score (nSPS) is 11.8. The second kappa shape index (κ2) is 8.17. The van der Waals surface area contributed by atoms with Crippen LogP contribution in [0.2, 0.25) is 0 Å². The van der Waals surface area contributed by atoms with Gasteiger partial charge in [0, 0.05) is 12.6 Å². The Morgan fingerprint density at radius 1 is 1.23 bits per heavy atom. The van der Waals surface area contributed by atoms with E-state index in [1.165, 1.54) is 5.56 Å². The van der Waals surface area contributed by atoms with Gasteiger partial charge in [-0.05, 0) is 37.5 Å². The topological polar surface area (TPSA) is 72.0 Å². The minimum atomic E-state index is 0.330. The van der Waals surface area contributed by atoms with E-state index in [1.54, 1.807) is 13.3 Å². The van der Waals surface area contributed by atoms with Crippen LogP contribution in [0.15, 0.2) is 30.5 Å². The number of hydrogen-bond acceptors (Lipinski definition) is 6. The largest absolute Gasteiger partial charge is 0.497 e. The van der Waals surface area contributed by atoms with Crippen LogP contribution < -0.4 is 15.4 Å². The first-order chi connectivity index (χ1) is 10.7. The third-order valence-corrected chi connectivity index (χ3v) is 3.43. The molecular weight excluding hydrogens is 278 g/mol. The molecule has 1 unspecified atom stereocenters. The van der Waals surface area contributed by atoms with E-state index in [-0.39, 0.29) is 0 Å². The lowest BCUT2D eigenvalue weighted by Crippen LogP contribution is -2.17. The number of ether oxygens (including phenoxy) is 1. The highest BCUT2D eigenvalue weighted by atomic mass is 16.5. The van der Waals surface area contributed by atoms with Crippen molar-refractivity contribution in [2.75, 3.05) is 24.3 Å². The highest BCUT2D eigenvalue weighted by Crippen LogP contribution is 2.12. The van der Waals surface area contributed by atoms with Crippen LogP contribution >= 0.6 is 0 Å². The molecule has 0 aliphatic heterocycles. The van der Waals surface area contributed by atoms with E-state index in [2.05, 4.69) is 51.8 Å². The molecule has 1 heterocycles. The Hall–Kier alpha value is -2.37. The van der Waals surface area contributed by atoms with Gasteiger partial charge < -0.3 is 15.4 Å². The molecule has 2 rings (SSSR count). The molecule has 0 saturated heterocycles. The summed E-state index contributed by atoms with van der Waals surface area (Å²) in [7, 11) is 1.67. The first kappa shape index (κ1) is 16.0. The maximum absolute atomic E-state index is 5.15. The van der Waals surface area contributed by atoms with Gasteiger partial charge in [0.1, 0.15) is 5.75 Å². The van der Waals surface area contributed by atoms with Crippen LogP contribution in [-0.4, -0.2) is 34.9 Å². The SMILES string of the molecule is CCC(C)Nc1nncc(NCCc2ccc(OC)cc2)n1. The zero-order chi connectivity index (χ0) is 15.8. The van der Waals surface area contributed by atoms with Crippen LogP contribution in [0.1, 0.15) is 25.8 Å². The van der Waals surface area contributed by atoms with E-state index in [9.17, 15) is 0 Å². The predicted molar refractivity (Wildman–Crippen MR) is 88.4 cm³/mol. The molecule has 1 aromatic carbocycles. The van der Waals surface area contributed by atoms with E-state index in [4.69, 9.17) is 4.74 Å². The average molecular weight is 301 g/mol. The molecule has 6 heteroatoms. The van der Waals surface area contributed by atoms with E-state index in [1.807, 2.05) is 12.1 Å². The first-order valence-electron chi connectivity index (χ1n) is 7.54. The zero-order valence-electron chi connectivity index (χ0n) is 13.3. The van der Waals surface area contributed by atoms with Crippen molar-refractivity contribution < 1.29 is 4.74 Å². The minimum absolute atomic E-state index is 0.330. The fourth-order valence-electron chi connectivity index (χ4n) is 1.90. The van der Waals surface area contributed by atoms with Crippen LogP contribution in [0, 0.1) is 0 Å². The lowest BCUT2D eigenvalue weighted by Gasteiger charge is -2.11. The van der Waals surface area contributed by atoms with Gasteiger partial charge in [0.2, 0.25) is 5.95 Å². The van der Waals surface area contributed by atoms with Gasteiger partial charge in [-0.25, -0.2) is 0 Å². The summed E-state index contributed by atoms with van der Waals surface area (Å²) < 4.78 is 5.15. The van der Waals surface area contributed by atoms with Gasteiger partial charge in [-0.3, -0.25) is 0 Å². The highest BCUT2D eigenvalue weighted by molar-refractivity contribution is 5.37. The van der Waals surface area contributed by atoms with Gasteiger partial charge in [0.25, 0.3) is 0 Å². The second-order valence-electron chi connectivity index (χ2n) is 5.14. The van der Waals surface area contributed by atoms with Gasteiger partial charge >= 0.3 is 0 Å². The molecule has 0 radical (unpaired) electrons. The van der Waals surface area contributed by atoms with Crippen molar-refractivity contribution in [2.24, 2.45) is 0 Å². The number of benzene rings is 1. The molecule has 0 saturated carbocycles. The number of rotatable bonds is 8. The lowest BCUT2D eigenvalue weighted by atomic mass is 10.1. The molecule has 2 aromatic rings. The summed E-state index contributed by atoms with van der Waals surface area (Å²) in [6.45, 7) is 4.99. The number of nitrogens with one attached hydrogen (secondary N) is 2. The Labute approximate surface area is 131 Å². The minimum Gasteiger partial charge on any atom is -0.497 e. The maximum atomic E-state index is 5.15. The summed E-state index contributed by atoms with van der Waals surface area (Å²) >= 11 is 0. The van der Waals surface area contributed by atoms with Crippen molar-refractivity contribution in [3.05, 3.63) is 36.0 Å². The zero-order valence-corrected chi connectivity index (χ0v) is 13.3. The van der Waals surface area contributed by atoms with Crippen LogP contribution in [0.5, 0.6) is 5.75 Å². The highest BCUT2D eigenvalue weighted by Gasteiger charge is 2.03. The van der Waals surface area contributed by atoms with Crippen molar-refractivity contribution in [3.63, 3.8) is 0 Å². The molecule has 22 heavy (non-hydrogen) atoms. The summed E-state index contributed by atoms with van der Waals surface area (Å²) in [6, 6.07) is 8.39. The standard InChI is InChI=1S/C16H23N5O/c1-4-12(2)19-16-20-15(11-18-21-16)17-10-9-13-5-7-14(22-3)8-6-13/h5-8,11-12H,4,9-10H2,1-3H3,(H2,17,19,20,21). The smallest absolute Gasteiger partial charge is 0.244 e. The third kappa shape index (κ3) is 4.87. The molecule has 0 fully saturated rings. The lowest BCUT2D eigenvalue weighted by molar-refractivity contribution is 0.414. The van der Waals surface area contributed by atoms with E-state index < -0.39 is 0 Å². The Morgan fingerprint density at radius 2 is 2.00 bits per heavy atom. The number of nitrogens with zero attached hydrogens (tertiary/aromatic N) is 3. The van der Waals surface area contributed by atoms with Crippen LogP contribution in [0.4, 0.5) is 11.8 Å². The molecule has 0 aliphatic carbocycles. The first-order valence-corrected chi connectivity index (χ1v) is 7.54. The van der Waals surface area contributed by atoms with Gasteiger partial charge in [-0.2, -0.15) is 10.1 Å². The number of anilines is 2. The van der Waals surface area contributed by atoms with Gasteiger partial charge in [0.05, 0.1) is 13.3 Å². The molecular formula is C16H23N5O. The van der Waals surface area contributed by atoms with Crippen molar-refractivity contribution in [1.82, 2.24) is 15.2 Å². The molecule has 1 atom stereocenters. The van der Waals surface area contributed by atoms with Crippen molar-refractivity contribution >= 4 is 11.8 Å². The summed E-state index contributed by atoms with van der Waals surface area (Å²) in [5.74, 6) is 2.16. The summed E-state index contributed by atoms with van der Waals surface area (Å²) in [5.41, 5.74) is 1.24. The molecule has 0 amide bonds. The van der Waals surface area contributed by atoms with E-state index in [0.29, 0.717) is 12.0 Å². The fourth-order valence-corrected chi connectivity index (χ4v) is 1.90. The fraction of sp³-hybridized carbons (Fsp3) is 0.438. The van der Waals surface area contributed by atoms with E-state index >= 15 is 0 Å². The molecule has 6 nitrogen and oxygen atoms in total. The number of methoxy groups -OCH3 is 1. The summed E-state index contributed by atoms with van der Waals surface area (Å²) in [5, 5.41) is 14.4. The Bertz CT molecular complexity index is 573. The predicted octanol–water partition coefficient (Wildman–Crippen LogP) is 2.75. The molecule has 1 aromatic heterocycles. The molecule has 2 N–H and O–H groups in total.